The second kappa shape index (κ2) is 27.5. The molecule has 4 heteroatoms. The van der Waals surface area contributed by atoms with Crippen LogP contribution in [0.5, 0.6) is 0 Å². The van der Waals surface area contributed by atoms with Gasteiger partial charge in [-0.05, 0) is 76.4 Å². The van der Waals surface area contributed by atoms with E-state index in [9.17, 15) is 9.59 Å². The fourth-order valence-corrected chi connectivity index (χ4v) is 3.84. The molecule has 0 radical (unpaired) electrons. The first kappa shape index (κ1) is 33.9. The predicted molar refractivity (Wildman–Crippen MR) is 153 cm³/mol. The van der Waals surface area contributed by atoms with Crippen molar-refractivity contribution in [1.82, 2.24) is 0 Å². The van der Waals surface area contributed by atoms with Crippen LogP contribution in [0.4, 0.5) is 0 Å². The Morgan fingerprint density at radius 1 is 0.639 bits per heavy atom. The molecule has 0 aliphatic carbocycles. The van der Waals surface area contributed by atoms with E-state index < -0.39 is 5.97 Å². The number of rotatable bonds is 25. The summed E-state index contributed by atoms with van der Waals surface area (Å²) in [5.41, 5.74) is 0. The minimum absolute atomic E-state index is 0.133. The highest BCUT2D eigenvalue weighted by Gasteiger charge is 2.08. The number of carbonyl (C=O) groups excluding carboxylic acids is 1. The molecule has 0 spiro atoms. The van der Waals surface area contributed by atoms with Gasteiger partial charge < -0.3 is 9.84 Å². The SMILES string of the molecule is CC/C=C\C/C=C\C(/C=C\CCCCCC(=O)O)OC(=O)CCCCCCC/C=C\CCCCCC. The Bertz CT molecular complexity index is 630. The van der Waals surface area contributed by atoms with Gasteiger partial charge in [-0.2, -0.15) is 0 Å². The van der Waals surface area contributed by atoms with Gasteiger partial charge in [0, 0.05) is 12.8 Å². The number of carbonyl (C=O) groups is 2. The van der Waals surface area contributed by atoms with Crippen molar-refractivity contribution in [1.29, 1.82) is 0 Å². The van der Waals surface area contributed by atoms with Crippen LogP contribution in [0.15, 0.2) is 48.6 Å². The van der Waals surface area contributed by atoms with Crippen molar-refractivity contribution in [2.24, 2.45) is 0 Å². The average molecular weight is 503 g/mol. The summed E-state index contributed by atoms with van der Waals surface area (Å²) in [7, 11) is 0. The molecule has 4 nitrogen and oxygen atoms in total. The van der Waals surface area contributed by atoms with E-state index in [0.29, 0.717) is 12.8 Å². The van der Waals surface area contributed by atoms with Gasteiger partial charge in [0.25, 0.3) is 0 Å². The summed E-state index contributed by atoms with van der Waals surface area (Å²) in [6.07, 6.45) is 35.8. The molecule has 206 valence electrons. The third-order valence-corrected chi connectivity index (χ3v) is 6.00. The molecule has 1 atom stereocenters. The normalized spacial score (nSPS) is 12.9. The molecular weight excluding hydrogens is 448 g/mol. The largest absolute Gasteiger partial charge is 0.481 e. The number of allylic oxidation sites excluding steroid dienone is 6. The standard InChI is InChI=1S/C32H54O4/c1-3-5-7-9-10-11-12-13-14-15-16-21-25-29-32(35)36-30(26-22-18-8-6-4-2)27-23-19-17-20-24-28-31(33)34/h6,8,11-12,22-23,26-27,30H,3-5,7,9-10,13-21,24-25,28-29H2,1-2H3,(H,33,34)/b8-6-,12-11-,26-22-,27-23-. The van der Waals surface area contributed by atoms with Crippen LogP contribution in [0.25, 0.3) is 0 Å². The van der Waals surface area contributed by atoms with Gasteiger partial charge in [0.2, 0.25) is 0 Å². The first-order valence-electron chi connectivity index (χ1n) is 14.6. The first-order chi connectivity index (χ1) is 17.6. The van der Waals surface area contributed by atoms with Gasteiger partial charge in [0.1, 0.15) is 6.10 Å². The van der Waals surface area contributed by atoms with E-state index in [0.717, 1.165) is 44.9 Å². The van der Waals surface area contributed by atoms with Crippen LogP contribution < -0.4 is 0 Å². The molecular formula is C32H54O4. The molecule has 0 saturated carbocycles. The Hall–Kier alpha value is -2.10. The van der Waals surface area contributed by atoms with Crippen LogP contribution in [-0.4, -0.2) is 23.1 Å². The molecule has 0 saturated heterocycles. The topological polar surface area (TPSA) is 63.6 Å². The maximum Gasteiger partial charge on any atom is 0.306 e. The third-order valence-electron chi connectivity index (χ3n) is 6.00. The van der Waals surface area contributed by atoms with Gasteiger partial charge in [0.15, 0.2) is 0 Å². The second-order valence-corrected chi connectivity index (χ2v) is 9.55. The number of esters is 1. The van der Waals surface area contributed by atoms with E-state index in [4.69, 9.17) is 9.84 Å². The fourth-order valence-electron chi connectivity index (χ4n) is 3.84. The van der Waals surface area contributed by atoms with Crippen LogP contribution in [0.1, 0.15) is 136 Å². The number of hydrogen-bond donors (Lipinski definition) is 1. The van der Waals surface area contributed by atoms with Crippen molar-refractivity contribution < 1.29 is 19.4 Å². The molecule has 0 bridgehead atoms. The van der Waals surface area contributed by atoms with Gasteiger partial charge in [-0.3, -0.25) is 9.59 Å². The summed E-state index contributed by atoms with van der Waals surface area (Å²) < 4.78 is 5.70. The smallest absolute Gasteiger partial charge is 0.306 e. The van der Waals surface area contributed by atoms with Crippen molar-refractivity contribution in [2.45, 2.75) is 142 Å². The Morgan fingerprint density at radius 3 is 1.86 bits per heavy atom. The van der Waals surface area contributed by atoms with Crippen molar-refractivity contribution in [3.63, 3.8) is 0 Å². The van der Waals surface area contributed by atoms with Gasteiger partial charge in [-0.1, -0.05) is 95.2 Å². The maximum absolute atomic E-state index is 12.4. The first-order valence-corrected chi connectivity index (χ1v) is 14.6. The lowest BCUT2D eigenvalue weighted by Crippen LogP contribution is -2.13. The quantitative estimate of drug-likeness (QED) is 0.0766. The lowest BCUT2D eigenvalue weighted by Gasteiger charge is -2.11. The zero-order valence-electron chi connectivity index (χ0n) is 23.3. The number of unbranched alkanes of at least 4 members (excludes halogenated alkanes) is 12. The Labute approximate surface area is 222 Å². The van der Waals surface area contributed by atoms with E-state index in [1.807, 2.05) is 24.3 Å². The summed E-state index contributed by atoms with van der Waals surface area (Å²) in [4.78, 5) is 22.9. The summed E-state index contributed by atoms with van der Waals surface area (Å²) in [5.74, 6) is -0.869. The molecule has 0 heterocycles. The molecule has 0 amide bonds. The lowest BCUT2D eigenvalue weighted by molar-refractivity contribution is -0.145. The Kier molecular flexibility index (Phi) is 25.9. The van der Waals surface area contributed by atoms with Crippen LogP contribution >= 0.6 is 0 Å². The second-order valence-electron chi connectivity index (χ2n) is 9.55. The van der Waals surface area contributed by atoms with E-state index >= 15 is 0 Å². The number of carboxylic acid groups (broad SMARTS) is 1. The van der Waals surface area contributed by atoms with Gasteiger partial charge in [0.05, 0.1) is 0 Å². The molecule has 1 N–H and O–H groups in total. The molecule has 0 aliphatic heterocycles. The number of ether oxygens (including phenoxy) is 1. The monoisotopic (exact) mass is 502 g/mol. The average Bonchev–Trinajstić information content (AvgIpc) is 2.85. The van der Waals surface area contributed by atoms with Gasteiger partial charge in [-0.25, -0.2) is 0 Å². The highest BCUT2D eigenvalue weighted by molar-refractivity contribution is 5.69. The number of hydrogen-bond acceptors (Lipinski definition) is 3. The predicted octanol–water partition coefficient (Wildman–Crippen LogP) is 9.66. The zero-order valence-corrected chi connectivity index (χ0v) is 23.3. The zero-order chi connectivity index (χ0) is 26.5. The minimum Gasteiger partial charge on any atom is -0.481 e. The fraction of sp³-hybridized carbons (Fsp3) is 0.688. The molecule has 36 heavy (non-hydrogen) atoms. The summed E-state index contributed by atoms with van der Waals surface area (Å²) in [6, 6.07) is 0. The molecule has 0 rings (SSSR count). The molecule has 0 fully saturated rings. The van der Waals surface area contributed by atoms with Crippen molar-refractivity contribution in [2.75, 3.05) is 0 Å². The minimum atomic E-state index is -0.736. The molecule has 0 aliphatic rings. The molecule has 0 aromatic heterocycles. The van der Waals surface area contributed by atoms with Crippen LogP contribution in [0, 0.1) is 0 Å². The van der Waals surface area contributed by atoms with Gasteiger partial charge >= 0.3 is 11.9 Å². The highest BCUT2D eigenvalue weighted by Crippen LogP contribution is 2.11. The summed E-state index contributed by atoms with van der Waals surface area (Å²) in [5, 5.41) is 8.70. The maximum atomic E-state index is 12.4. The van der Waals surface area contributed by atoms with E-state index in [2.05, 4.69) is 38.2 Å². The summed E-state index contributed by atoms with van der Waals surface area (Å²) in [6.45, 7) is 4.36. The molecule has 0 aromatic rings. The number of aliphatic carboxylic acids is 1. The van der Waals surface area contributed by atoms with E-state index in [1.165, 1.54) is 57.8 Å². The lowest BCUT2D eigenvalue weighted by atomic mass is 10.1. The van der Waals surface area contributed by atoms with Crippen LogP contribution in [-0.2, 0) is 14.3 Å². The molecule has 1 unspecified atom stereocenters. The third kappa shape index (κ3) is 26.5. The van der Waals surface area contributed by atoms with Gasteiger partial charge in [-0.15, -0.1) is 0 Å². The van der Waals surface area contributed by atoms with E-state index in [-0.39, 0.29) is 18.5 Å². The Morgan fingerprint density at radius 2 is 1.19 bits per heavy atom. The van der Waals surface area contributed by atoms with Crippen molar-refractivity contribution in [3.05, 3.63) is 48.6 Å². The van der Waals surface area contributed by atoms with Crippen LogP contribution in [0.2, 0.25) is 0 Å². The highest BCUT2D eigenvalue weighted by atomic mass is 16.5. The van der Waals surface area contributed by atoms with Crippen molar-refractivity contribution >= 4 is 11.9 Å². The van der Waals surface area contributed by atoms with E-state index in [1.54, 1.807) is 0 Å². The van der Waals surface area contributed by atoms with Crippen LogP contribution in [0.3, 0.4) is 0 Å². The number of carboxylic acids is 1. The molecule has 0 aromatic carbocycles. The summed E-state index contributed by atoms with van der Waals surface area (Å²) >= 11 is 0. The van der Waals surface area contributed by atoms with Crippen molar-refractivity contribution in [3.8, 4) is 0 Å². The Balaban J connectivity index is 4.10.